The monoisotopic (exact) mass is 410 g/mol. The van der Waals surface area contributed by atoms with Crippen molar-refractivity contribution in [3.63, 3.8) is 0 Å². The predicted molar refractivity (Wildman–Crippen MR) is 134 cm³/mol. The highest BCUT2D eigenvalue weighted by Crippen LogP contribution is 2.54. The summed E-state index contributed by atoms with van der Waals surface area (Å²) in [6.07, 6.45) is 3.81. The van der Waals surface area contributed by atoms with E-state index in [1.54, 1.807) is 0 Å². The minimum Gasteiger partial charge on any atom is -0.307 e. The number of pyridine rings is 1. The van der Waals surface area contributed by atoms with Crippen molar-refractivity contribution in [2.24, 2.45) is 0 Å². The van der Waals surface area contributed by atoms with Gasteiger partial charge in [-0.1, -0.05) is 80.6 Å². The Bertz CT molecular complexity index is 1690. The number of hydrogen-bond donors (Lipinski definition) is 0. The third-order valence-corrected chi connectivity index (χ3v) is 7.27. The van der Waals surface area contributed by atoms with E-state index in [9.17, 15) is 0 Å². The number of nitrogens with zero attached hydrogens (tertiary/aromatic N) is 2. The quantitative estimate of drug-likeness (QED) is 0.272. The fourth-order valence-corrected chi connectivity index (χ4v) is 5.79. The standard InChI is InChI=1S/C30H22N2/c1-30(2)24-15-13-19-8-3-4-10-21(19)27(24)28-25(30)16-14-23-22-11-5-6-12-26(22)32(29(23)28)20-9-7-17-31-18-20/h3-18H,1-2H3. The summed E-state index contributed by atoms with van der Waals surface area (Å²) in [5.74, 6) is 0. The van der Waals surface area contributed by atoms with Crippen LogP contribution in [0.1, 0.15) is 25.0 Å². The number of benzene rings is 4. The normalized spacial score (nSPS) is 14.2. The van der Waals surface area contributed by atoms with Crippen LogP contribution in [-0.2, 0) is 5.41 Å². The summed E-state index contributed by atoms with van der Waals surface area (Å²) in [5, 5.41) is 5.18. The zero-order valence-corrected chi connectivity index (χ0v) is 18.1. The van der Waals surface area contributed by atoms with Crippen molar-refractivity contribution in [3.05, 3.63) is 108 Å². The van der Waals surface area contributed by atoms with Crippen LogP contribution in [0.15, 0.2) is 97.3 Å². The number of para-hydroxylation sites is 1. The van der Waals surface area contributed by atoms with Gasteiger partial charge in [-0.2, -0.15) is 0 Å². The van der Waals surface area contributed by atoms with Crippen LogP contribution in [0.2, 0.25) is 0 Å². The fourth-order valence-electron chi connectivity index (χ4n) is 5.79. The maximum absolute atomic E-state index is 4.45. The summed E-state index contributed by atoms with van der Waals surface area (Å²) in [7, 11) is 0. The summed E-state index contributed by atoms with van der Waals surface area (Å²) in [4.78, 5) is 4.45. The molecule has 0 spiro atoms. The van der Waals surface area contributed by atoms with E-state index in [4.69, 9.17) is 0 Å². The molecule has 152 valence electrons. The zero-order valence-electron chi connectivity index (χ0n) is 18.1. The molecule has 0 bridgehead atoms. The highest BCUT2D eigenvalue weighted by Gasteiger charge is 2.38. The highest BCUT2D eigenvalue weighted by molar-refractivity contribution is 6.18. The van der Waals surface area contributed by atoms with Gasteiger partial charge in [0.25, 0.3) is 0 Å². The smallest absolute Gasteiger partial charge is 0.0645 e. The van der Waals surface area contributed by atoms with Crippen LogP contribution < -0.4 is 0 Å². The Morgan fingerprint density at radius 2 is 1.41 bits per heavy atom. The molecule has 0 saturated heterocycles. The molecule has 7 rings (SSSR count). The number of fused-ring (bicyclic) bond motifs is 9. The molecule has 4 aromatic carbocycles. The Morgan fingerprint density at radius 1 is 0.656 bits per heavy atom. The summed E-state index contributed by atoms with van der Waals surface area (Å²) in [6, 6.07) is 31.0. The first-order valence-electron chi connectivity index (χ1n) is 11.2. The van der Waals surface area contributed by atoms with Crippen LogP contribution in [0.5, 0.6) is 0 Å². The summed E-state index contributed by atoms with van der Waals surface area (Å²) in [5.41, 5.74) is 9.07. The molecule has 0 radical (unpaired) electrons. The number of aromatic nitrogens is 2. The predicted octanol–water partition coefficient (Wildman–Crippen LogP) is 7.64. The van der Waals surface area contributed by atoms with Crippen LogP contribution in [0, 0.1) is 0 Å². The second-order valence-corrected chi connectivity index (χ2v) is 9.28. The Morgan fingerprint density at radius 3 is 2.25 bits per heavy atom. The van der Waals surface area contributed by atoms with Crippen LogP contribution in [0.4, 0.5) is 0 Å². The lowest BCUT2D eigenvalue weighted by molar-refractivity contribution is 0.661. The third kappa shape index (κ3) is 2.12. The van der Waals surface area contributed by atoms with Gasteiger partial charge in [0.15, 0.2) is 0 Å². The van der Waals surface area contributed by atoms with Gasteiger partial charge >= 0.3 is 0 Å². The lowest BCUT2D eigenvalue weighted by atomic mass is 9.82. The van der Waals surface area contributed by atoms with E-state index in [0.717, 1.165) is 5.69 Å². The molecule has 6 aromatic rings. The lowest BCUT2D eigenvalue weighted by Gasteiger charge is -2.21. The third-order valence-electron chi connectivity index (χ3n) is 7.27. The molecule has 1 aliphatic carbocycles. The fraction of sp³-hybridized carbons (Fsp3) is 0.100. The van der Waals surface area contributed by atoms with Crippen LogP contribution >= 0.6 is 0 Å². The van der Waals surface area contributed by atoms with Crippen molar-refractivity contribution >= 4 is 32.6 Å². The minimum absolute atomic E-state index is 0.0564. The lowest BCUT2D eigenvalue weighted by Crippen LogP contribution is -2.14. The largest absolute Gasteiger partial charge is 0.307 e. The van der Waals surface area contributed by atoms with Gasteiger partial charge < -0.3 is 4.57 Å². The maximum atomic E-state index is 4.45. The molecule has 0 atom stereocenters. The molecule has 0 N–H and O–H groups in total. The van der Waals surface area contributed by atoms with Gasteiger partial charge in [-0.05, 0) is 45.7 Å². The van der Waals surface area contributed by atoms with E-state index >= 15 is 0 Å². The van der Waals surface area contributed by atoms with Crippen molar-refractivity contribution in [1.29, 1.82) is 0 Å². The molecule has 2 aromatic heterocycles. The molecule has 0 unspecified atom stereocenters. The topological polar surface area (TPSA) is 17.8 Å². The van der Waals surface area contributed by atoms with Gasteiger partial charge in [-0.3, -0.25) is 4.98 Å². The Balaban J connectivity index is 1.77. The van der Waals surface area contributed by atoms with E-state index in [-0.39, 0.29) is 5.41 Å². The van der Waals surface area contributed by atoms with Gasteiger partial charge in [-0.15, -0.1) is 0 Å². The van der Waals surface area contributed by atoms with E-state index in [1.807, 2.05) is 18.5 Å². The van der Waals surface area contributed by atoms with Gasteiger partial charge in [0.1, 0.15) is 0 Å². The SMILES string of the molecule is CC1(C)c2ccc3ccccc3c2-c2c1ccc1c3ccccc3n(-c3cccnc3)c21. The molecular weight excluding hydrogens is 388 g/mol. The maximum Gasteiger partial charge on any atom is 0.0645 e. The first kappa shape index (κ1) is 17.7. The second kappa shape index (κ2) is 6.08. The van der Waals surface area contributed by atoms with Crippen LogP contribution in [0.3, 0.4) is 0 Å². The van der Waals surface area contributed by atoms with Crippen LogP contribution in [-0.4, -0.2) is 9.55 Å². The van der Waals surface area contributed by atoms with E-state index in [1.165, 1.54) is 54.8 Å². The number of rotatable bonds is 1. The summed E-state index contributed by atoms with van der Waals surface area (Å²) in [6.45, 7) is 4.71. The van der Waals surface area contributed by atoms with E-state index in [2.05, 4.69) is 102 Å². The Hall–Kier alpha value is -3.91. The first-order chi connectivity index (χ1) is 15.7. The van der Waals surface area contributed by atoms with E-state index in [0.29, 0.717) is 0 Å². The highest BCUT2D eigenvalue weighted by atomic mass is 15.0. The first-order valence-corrected chi connectivity index (χ1v) is 11.2. The average molecular weight is 411 g/mol. The van der Waals surface area contributed by atoms with Crippen LogP contribution in [0.25, 0.3) is 49.4 Å². The van der Waals surface area contributed by atoms with Crippen molar-refractivity contribution in [2.45, 2.75) is 19.3 Å². The molecular formula is C30H22N2. The van der Waals surface area contributed by atoms with Gasteiger partial charge in [0.2, 0.25) is 0 Å². The molecule has 2 heterocycles. The van der Waals surface area contributed by atoms with Gasteiger partial charge in [0, 0.05) is 27.9 Å². The minimum atomic E-state index is -0.0564. The Labute approximate surface area is 186 Å². The van der Waals surface area contributed by atoms with E-state index < -0.39 is 0 Å². The molecule has 0 amide bonds. The van der Waals surface area contributed by atoms with Crippen molar-refractivity contribution in [3.8, 4) is 16.8 Å². The molecule has 0 aliphatic heterocycles. The molecule has 1 aliphatic rings. The van der Waals surface area contributed by atoms with Gasteiger partial charge in [0.05, 0.1) is 22.9 Å². The van der Waals surface area contributed by atoms with Crippen molar-refractivity contribution < 1.29 is 0 Å². The molecule has 0 fully saturated rings. The van der Waals surface area contributed by atoms with Crippen molar-refractivity contribution in [2.75, 3.05) is 0 Å². The summed E-state index contributed by atoms with van der Waals surface area (Å²) < 4.78 is 2.41. The molecule has 32 heavy (non-hydrogen) atoms. The molecule has 0 saturated carbocycles. The van der Waals surface area contributed by atoms with Gasteiger partial charge in [-0.25, -0.2) is 0 Å². The van der Waals surface area contributed by atoms with Crippen molar-refractivity contribution in [1.82, 2.24) is 9.55 Å². The second-order valence-electron chi connectivity index (χ2n) is 9.28. The summed E-state index contributed by atoms with van der Waals surface area (Å²) >= 11 is 0. The number of hydrogen-bond acceptors (Lipinski definition) is 1. The Kier molecular flexibility index (Phi) is 3.37. The average Bonchev–Trinajstić information content (AvgIpc) is 3.29. The molecule has 2 heteroatoms. The molecule has 2 nitrogen and oxygen atoms in total. The zero-order chi connectivity index (χ0) is 21.4.